The minimum Gasteiger partial charge on any atom is -0.480 e. The molecule has 0 spiro atoms. The Labute approximate surface area is 206 Å². The Hall–Kier alpha value is -3.79. The van der Waals surface area contributed by atoms with E-state index in [9.17, 15) is 19.5 Å². The molecule has 0 heterocycles. The van der Waals surface area contributed by atoms with Crippen LogP contribution in [-0.2, 0) is 14.3 Å². The fourth-order valence-electron chi connectivity index (χ4n) is 4.23. The zero-order valence-corrected chi connectivity index (χ0v) is 20.3. The molecule has 7 nitrogen and oxygen atoms in total. The third-order valence-corrected chi connectivity index (χ3v) is 6.08. The molecule has 0 aliphatic heterocycles. The van der Waals surface area contributed by atoms with E-state index >= 15 is 0 Å². The van der Waals surface area contributed by atoms with Crippen LogP contribution >= 0.6 is 0 Å². The van der Waals surface area contributed by atoms with Crippen LogP contribution in [0.1, 0.15) is 57.1 Å². The van der Waals surface area contributed by atoms with Crippen molar-refractivity contribution in [3.05, 3.63) is 59.7 Å². The monoisotopic (exact) mass is 476 g/mol. The number of carboxylic acids is 1. The summed E-state index contributed by atoms with van der Waals surface area (Å²) >= 11 is 0. The van der Waals surface area contributed by atoms with E-state index in [1.165, 1.54) is 0 Å². The van der Waals surface area contributed by atoms with Gasteiger partial charge in [0.05, 0.1) is 0 Å². The summed E-state index contributed by atoms with van der Waals surface area (Å²) in [5, 5.41) is 14.6. The molecule has 7 heteroatoms. The zero-order chi connectivity index (χ0) is 25.4. The number of carboxylic acid groups (broad SMARTS) is 1. The van der Waals surface area contributed by atoms with Gasteiger partial charge in [0.25, 0.3) is 0 Å². The molecule has 2 unspecified atom stereocenters. The Bertz CT molecular complexity index is 1090. The number of benzene rings is 2. The van der Waals surface area contributed by atoms with Gasteiger partial charge in [0.15, 0.2) is 0 Å². The molecule has 2 atom stereocenters. The second kappa shape index (κ2) is 12.1. The van der Waals surface area contributed by atoms with Crippen molar-refractivity contribution in [1.82, 2.24) is 10.6 Å². The predicted molar refractivity (Wildman–Crippen MR) is 134 cm³/mol. The van der Waals surface area contributed by atoms with Gasteiger partial charge in [-0.2, -0.15) is 0 Å². The van der Waals surface area contributed by atoms with Crippen molar-refractivity contribution < 1.29 is 24.2 Å². The van der Waals surface area contributed by atoms with E-state index in [4.69, 9.17) is 4.74 Å². The highest BCUT2D eigenvalue weighted by atomic mass is 16.5. The summed E-state index contributed by atoms with van der Waals surface area (Å²) in [6.45, 7) is 5.71. The number of alkyl carbamates (subject to hydrolysis) is 1. The number of carbonyl (C=O) groups is 3. The summed E-state index contributed by atoms with van der Waals surface area (Å²) in [6.07, 6.45) is 0.244. The molecular formula is C28H32N2O5. The Kier molecular flexibility index (Phi) is 8.91. The normalized spacial score (nSPS) is 13.6. The number of carbonyl (C=O) groups excluding carboxylic acids is 2. The van der Waals surface area contributed by atoms with Gasteiger partial charge in [-0.15, -0.1) is 11.8 Å². The number of nitrogens with one attached hydrogen (secondary N) is 2. The minimum absolute atomic E-state index is 0.0447. The van der Waals surface area contributed by atoms with E-state index in [1.807, 2.05) is 50.2 Å². The van der Waals surface area contributed by atoms with E-state index in [0.717, 1.165) is 22.3 Å². The number of hydrogen-bond donors (Lipinski definition) is 3. The first-order valence-corrected chi connectivity index (χ1v) is 11.9. The molecule has 3 rings (SSSR count). The smallest absolute Gasteiger partial charge is 0.407 e. The van der Waals surface area contributed by atoms with Crippen molar-refractivity contribution in [1.29, 1.82) is 0 Å². The topological polar surface area (TPSA) is 105 Å². The Morgan fingerprint density at radius 3 is 2.09 bits per heavy atom. The maximum atomic E-state index is 12.8. The molecule has 0 aromatic heterocycles. The van der Waals surface area contributed by atoms with Gasteiger partial charge in [0.1, 0.15) is 18.7 Å². The molecule has 0 radical (unpaired) electrons. The van der Waals surface area contributed by atoms with Crippen LogP contribution in [0.2, 0.25) is 0 Å². The van der Waals surface area contributed by atoms with Gasteiger partial charge in [-0.05, 0) is 47.9 Å². The summed E-state index contributed by atoms with van der Waals surface area (Å²) in [5.41, 5.74) is 4.41. The Morgan fingerprint density at radius 2 is 1.54 bits per heavy atom. The molecule has 0 bridgehead atoms. The van der Waals surface area contributed by atoms with Crippen LogP contribution in [0.25, 0.3) is 11.1 Å². The highest BCUT2D eigenvalue weighted by Crippen LogP contribution is 2.44. The number of amides is 2. The predicted octanol–water partition coefficient (Wildman–Crippen LogP) is 4.31. The highest BCUT2D eigenvalue weighted by molar-refractivity contribution is 5.89. The number of aliphatic carboxylic acids is 1. The van der Waals surface area contributed by atoms with Gasteiger partial charge in [-0.1, -0.05) is 62.4 Å². The standard InChI is InChI=1S/C28H32N2O5/c1-4-5-14-24(26(31)29-25(27(32)33)16-15-18(2)3)30-28(34)35-17-23-21-12-8-6-10-19(21)20-11-7-9-13-22(20)23/h6-13,18,23-25H,14-17H2,1-3H3,(H,29,31)(H,30,34)(H,32,33). The van der Waals surface area contributed by atoms with Crippen molar-refractivity contribution in [3.63, 3.8) is 0 Å². The van der Waals surface area contributed by atoms with Crippen LogP contribution < -0.4 is 10.6 Å². The lowest BCUT2D eigenvalue weighted by Crippen LogP contribution is -2.51. The average molecular weight is 477 g/mol. The van der Waals surface area contributed by atoms with Crippen LogP contribution in [0, 0.1) is 17.8 Å². The number of ether oxygens (including phenoxy) is 1. The molecule has 35 heavy (non-hydrogen) atoms. The summed E-state index contributed by atoms with van der Waals surface area (Å²) in [5.74, 6) is 3.97. The molecular weight excluding hydrogens is 444 g/mol. The summed E-state index contributed by atoms with van der Waals surface area (Å²) in [4.78, 5) is 37.1. The first-order chi connectivity index (χ1) is 16.8. The largest absolute Gasteiger partial charge is 0.480 e. The maximum absolute atomic E-state index is 12.8. The van der Waals surface area contributed by atoms with Gasteiger partial charge < -0.3 is 20.5 Å². The lowest BCUT2D eigenvalue weighted by molar-refractivity contribution is -0.142. The quantitative estimate of drug-likeness (QED) is 0.443. The van der Waals surface area contributed by atoms with Crippen LogP contribution in [-0.4, -0.2) is 41.8 Å². The summed E-state index contributed by atoms with van der Waals surface area (Å²) < 4.78 is 5.54. The molecule has 0 fully saturated rings. The lowest BCUT2D eigenvalue weighted by atomic mass is 9.98. The number of rotatable bonds is 10. The van der Waals surface area contributed by atoms with Crippen molar-refractivity contribution in [2.75, 3.05) is 6.61 Å². The molecule has 2 aromatic carbocycles. The van der Waals surface area contributed by atoms with Crippen molar-refractivity contribution in [2.24, 2.45) is 5.92 Å². The van der Waals surface area contributed by atoms with Gasteiger partial charge in [0, 0.05) is 12.3 Å². The summed E-state index contributed by atoms with van der Waals surface area (Å²) in [6, 6.07) is 14.0. The molecule has 1 aliphatic rings. The van der Waals surface area contributed by atoms with E-state index < -0.39 is 30.1 Å². The van der Waals surface area contributed by atoms with E-state index in [2.05, 4.69) is 34.6 Å². The van der Waals surface area contributed by atoms with Crippen LogP contribution in [0.15, 0.2) is 48.5 Å². The van der Waals surface area contributed by atoms with Crippen molar-refractivity contribution in [2.45, 2.75) is 58.0 Å². The third-order valence-electron chi connectivity index (χ3n) is 6.08. The van der Waals surface area contributed by atoms with E-state index in [0.29, 0.717) is 18.8 Å². The first-order valence-electron chi connectivity index (χ1n) is 11.9. The highest BCUT2D eigenvalue weighted by Gasteiger charge is 2.30. The first kappa shape index (κ1) is 25.8. The van der Waals surface area contributed by atoms with Gasteiger partial charge in [-0.25, -0.2) is 9.59 Å². The molecule has 3 N–H and O–H groups in total. The Morgan fingerprint density at radius 1 is 0.943 bits per heavy atom. The van der Waals surface area contributed by atoms with E-state index in [-0.39, 0.29) is 18.9 Å². The second-order valence-corrected chi connectivity index (χ2v) is 9.02. The van der Waals surface area contributed by atoms with Crippen LogP contribution in [0.5, 0.6) is 0 Å². The summed E-state index contributed by atoms with van der Waals surface area (Å²) in [7, 11) is 0. The maximum Gasteiger partial charge on any atom is 0.407 e. The molecule has 1 aliphatic carbocycles. The molecule has 184 valence electrons. The van der Waals surface area contributed by atoms with Crippen molar-refractivity contribution >= 4 is 18.0 Å². The average Bonchev–Trinajstić information content (AvgIpc) is 3.16. The fraction of sp³-hybridized carbons (Fsp3) is 0.393. The zero-order valence-electron chi connectivity index (χ0n) is 20.3. The fourth-order valence-corrected chi connectivity index (χ4v) is 4.23. The molecule has 2 aromatic rings. The Balaban J connectivity index is 1.65. The van der Waals surface area contributed by atoms with Gasteiger partial charge in [0.2, 0.25) is 5.91 Å². The molecule has 2 amide bonds. The number of hydrogen-bond acceptors (Lipinski definition) is 4. The minimum atomic E-state index is -1.11. The molecule has 0 saturated carbocycles. The second-order valence-electron chi connectivity index (χ2n) is 9.02. The van der Waals surface area contributed by atoms with Crippen molar-refractivity contribution in [3.8, 4) is 23.0 Å². The van der Waals surface area contributed by atoms with Crippen LogP contribution in [0.4, 0.5) is 4.79 Å². The lowest BCUT2D eigenvalue weighted by Gasteiger charge is -2.21. The van der Waals surface area contributed by atoms with Gasteiger partial charge >= 0.3 is 12.1 Å². The number of fused-ring (bicyclic) bond motifs is 3. The van der Waals surface area contributed by atoms with E-state index in [1.54, 1.807) is 6.92 Å². The van der Waals surface area contributed by atoms with Gasteiger partial charge in [-0.3, -0.25) is 4.79 Å². The molecule has 0 saturated heterocycles. The SMILES string of the molecule is CC#CCC(NC(=O)OCC1c2ccccc2-c2ccccc21)C(=O)NC(CCC(C)C)C(=O)O. The third kappa shape index (κ3) is 6.63. The van der Waals surface area contributed by atoms with Crippen LogP contribution in [0.3, 0.4) is 0 Å².